The standard InChI is InChI=1S/C11H15N3OS/c1-14(7-10(12)15)6-8-4-2-3-5-9(8)11(13)16/h2-5H,6-7H2,1H3,(H2,12,15)(H2,13,16). The van der Waals surface area contributed by atoms with Crippen molar-refractivity contribution >= 4 is 23.1 Å². The Morgan fingerprint density at radius 2 is 2.00 bits per heavy atom. The lowest BCUT2D eigenvalue weighted by atomic mass is 10.1. The Hall–Kier alpha value is -1.46. The fourth-order valence-corrected chi connectivity index (χ4v) is 1.71. The maximum atomic E-state index is 10.7. The van der Waals surface area contributed by atoms with Gasteiger partial charge in [-0.2, -0.15) is 0 Å². The first-order valence-electron chi connectivity index (χ1n) is 4.85. The summed E-state index contributed by atoms with van der Waals surface area (Å²) >= 11 is 4.96. The number of rotatable bonds is 5. The summed E-state index contributed by atoms with van der Waals surface area (Å²) in [4.78, 5) is 12.9. The molecule has 0 aliphatic rings. The quantitative estimate of drug-likeness (QED) is 0.719. The van der Waals surface area contributed by atoms with Crippen molar-refractivity contribution in [1.29, 1.82) is 0 Å². The highest BCUT2D eigenvalue weighted by molar-refractivity contribution is 7.80. The monoisotopic (exact) mass is 237 g/mol. The van der Waals surface area contributed by atoms with Crippen molar-refractivity contribution in [3.05, 3.63) is 35.4 Å². The largest absolute Gasteiger partial charge is 0.389 e. The van der Waals surface area contributed by atoms with Gasteiger partial charge in [0.1, 0.15) is 4.99 Å². The van der Waals surface area contributed by atoms with Gasteiger partial charge < -0.3 is 11.5 Å². The summed E-state index contributed by atoms with van der Waals surface area (Å²) in [7, 11) is 1.82. The molecule has 1 amide bonds. The number of hydrogen-bond acceptors (Lipinski definition) is 3. The van der Waals surface area contributed by atoms with Gasteiger partial charge in [-0.15, -0.1) is 0 Å². The second-order valence-electron chi connectivity index (χ2n) is 3.66. The average Bonchev–Trinajstić information content (AvgIpc) is 2.16. The van der Waals surface area contributed by atoms with Crippen molar-refractivity contribution in [2.75, 3.05) is 13.6 Å². The number of nitrogens with two attached hydrogens (primary N) is 2. The Morgan fingerprint density at radius 1 is 1.38 bits per heavy atom. The lowest BCUT2D eigenvalue weighted by molar-refractivity contribution is -0.118. The molecule has 0 aliphatic heterocycles. The molecular weight excluding hydrogens is 222 g/mol. The van der Waals surface area contributed by atoms with E-state index in [4.69, 9.17) is 23.7 Å². The van der Waals surface area contributed by atoms with Gasteiger partial charge in [0.15, 0.2) is 0 Å². The summed E-state index contributed by atoms with van der Waals surface area (Å²) in [6.07, 6.45) is 0. The Labute approximate surface area is 100 Å². The van der Waals surface area contributed by atoms with E-state index in [1.54, 1.807) is 0 Å². The van der Waals surface area contributed by atoms with Crippen LogP contribution in [-0.4, -0.2) is 29.4 Å². The van der Waals surface area contributed by atoms with E-state index in [9.17, 15) is 4.79 Å². The lowest BCUT2D eigenvalue weighted by Crippen LogP contribution is -2.30. The summed E-state index contributed by atoms with van der Waals surface area (Å²) in [6.45, 7) is 0.808. The molecule has 0 fully saturated rings. The second-order valence-corrected chi connectivity index (χ2v) is 4.10. The van der Waals surface area contributed by atoms with Crippen molar-refractivity contribution in [2.45, 2.75) is 6.54 Å². The molecular formula is C11H15N3OS. The molecule has 0 unspecified atom stereocenters. The van der Waals surface area contributed by atoms with Crippen molar-refractivity contribution in [1.82, 2.24) is 4.90 Å². The van der Waals surface area contributed by atoms with Crippen LogP contribution in [0.4, 0.5) is 0 Å². The minimum Gasteiger partial charge on any atom is -0.389 e. The number of hydrogen-bond donors (Lipinski definition) is 2. The summed E-state index contributed by atoms with van der Waals surface area (Å²) in [5, 5.41) is 0. The van der Waals surface area contributed by atoms with Crippen LogP contribution in [0.2, 0.25) is 0 Å². The molecule has 0 heterocycles. The van der Waals surface area contributed by atoms with Gasteiger partial charge in [0.25, 0.3) is 0 Å². The normalized spacial score (nSPS) is 10.4. The molecule has 4 nitrogen and oxygen atoms in total. The van der Waals surface area contributed by atoms with Crippen molar-refractivity contribution in [3.63, 3.8) is 0 Å². The van der Waals surface area contributed by atoms with Crippen molar-refractivity contribution in [2.24, 2.45) is 11.5 Å². The van der Waals surface area contributed by atoms with Gasteiger partial charge in [0.05, 0.1) is 6.54 Å². The van der Waals surface area contributed by atoms with E-state index in [0.29, 0.717) is 11.5 Å². The molecule has 1 rings (SSSR count). The van der Waals surface area contributed by atoms with Gasteiger partial charge in [-0.1, -0.05) is 36.5 Å². The second kappa shape index (κ2) is 5.58. The van der Waals surface area contributed by atoms with Crippen LogP contribution in [0.5, 0.6) is 0 Å². The number of thiocarbonyl (C=S) groups is 1. The molecule has 4 N–H and O–H groups in total. The van der Waals surface area contributed by atoms with Crippen LogP contribution in [0.25, 0.3) is 0 Å². The Bertz CT molecular complexity index is 406. The van der Waals surface area contributed by atoms with Crippen LogP contribution in [0, 0.1) is 0 Å². The van der Waals surface area contributed by atoms with E-state index < -0.39 is 0 Å². The molecule has 0 radical (unpaired) electrons. The smallest absolute Gasteiger partial charge is 0.231 e. The van der Waals surface area contributed by atoms with E-state index in [0.717, 1.165) is 11.1 Å². The Kier molecular flexibility index (Phi) is 4.39. The number of carbonyl (C=O) groups is 1. The van der Waals surface area contributed by atoms with Gasteiger partial charge >= 0.3 is 0 Å². The highest BCUT2D eigenvalue weighted by atomic mass is 32.1. The van der Waals surface area contributed by atoms with Crippen LogP contribution in [0.15, 0.2) is 24.3 Å². The molecule has 0 aromatic heterocycles. The first-order chi connectivity index (χ1) is 7.50. The van der Waals surface area contributed by atoms with Gasteiger partial charge in [-0.25, -0.2) is 0 Å². The predicted octanol–water partition coefficient (Wildman–Crippen LogP) is 0.238. The van der Waals surface area contributed by atoms with Crippen LogP contribution >= 0.6 is 12.2 Å². The molecule has 5 heteroatoms. The van der Waals surface area contributed by atoms with E-state index in [1.165, 1.54) is 0 Å². The zero-order valence-corrected chi connectivity index (χ0v) is 9.96. The van der Waals surface area contributed by atoms with Crippen LogP contribution < -0.4 is 11.5 Å². The zero-order valence-electron chi connectivity index (χ0n) is 9.14. The van der Waals surface area contributed by atoms with Gasteiger partial charge in [-0.05, 0) is 12.6 Å². The molecule has 86 valence electrons. The number of nitrogens with zero attached hydrogens (tertiary/aromatic N) is 1. The third-order valence-electron chi connectivity index (χ3n) is 2.15. The molecule has 0 saturated carbocycles. The fraction of sp³-hybridized carbons (Fsp3) is 0.273. The highest BCUT2D eigenvalue weighted by Gasteiger charge is 2.08. The van der Waals surface area contributed by atoms with Gasteiger partial charge in [-0.3, -0.25) is 9.69 Å². The first-order valence-corrected chi connectivity index (χ1v) is 5.26. The SMILES string of the molecule is CN(CC(N)=O)Cc1ccccc1C(N)=S. The molecule has 1 aromatic rings. The topological polar surface area (TPSA) is 72.3 Å². The van der Waals surface area contributed by atoms with E-state index in [2.05, 4.69) is 0 Å². The average molecular weight is 237 g/mol. The van der Waals surface area contributed by atoms with E-state index in [1.807, 2.05) is 36.2 Å². The van der Waals surface area contributed by atoms with Crippen LogP contribution in [0.1, 0.15) is 11.1 Å². The number of benzene rings is 1. The molecule has 0 spiro atoms. The Balaban J connectivity index is 2.80. The zero-order chi connectivity index (χ0) is 12.1. The third kappa shape index (κ3) is 3.60. The number of primary amides is 1. The third-order valence-corrected chi connectivity index (χ3v) is 2.37. The number of amides is 1. The van der Waals surface area contributed by atoms with E-state index in [-0.39, 0.29) is 12.5 Å². The number of carbonyl (C=O) groups excluding carboxylic acids is 1. The summed E-state index contributed by atoms with van der Waals surface area (Å²) in [6, 6.07) is 7.60. The van der Waals surface area contributed by atoms with Crippen LogP contribution in [-0.2, 0) is 11.3 Å². The van der Waals surface area contributed by atoms with E-state index >= 15 is 0 Å². The summed E-state index contributed by atoms with van der Waals surface area (Å²) in [5.41, 5.74) is 12.6. The number of likely N-dealkylation sites (N-methyl/N-ethyl adjacent to an activating group) is 1. The first kappa shape index (κ1) is 12.6. The summed E-state index contributed by atoms with van der Waals surface area (Å²) < 4.78 is 0. The lowest BCUT2D eigenvalue weighted by Gasteiger charge is -2.16. The molecule has 0 saturated heterocycles. The van der Waals surface area contributed by atoms with Gasteiger partial charge in [0, 0.05) is 12.1 Å². The van der Waals surface area contributed by atoms with Gasteiger partial charge in [0.2, 0.25) is 5.91 Å². The maximum Gasteiger partial charge on any atom is 0.231 e. The van der Waals surface area contributed by atoms with Crippen molar-refractivity contribution < 1.29 is 4.79 Å². The molecule has 1 aromatic carbocycles. The molecule has 0 aliphatic carbocycles. The summed E-state index contributed by atoms with van der Waals surface area (Å²) in [5.74, 6) is -0.352. The molecule has 16 heavy (non-hydrogen) atoms. The maximum absolute atomic E-state index is 10.7. The molecule has 0 atom stereocenters. The Morgan fingerprint density at radius 3 is 2.56 bits per heavy atom. The van der Waals surface area contributed by atoms with Crippen LogP contribution in [0.3, 0.4) is 0 Å². The minimum atomic E-state index is -0.352. The minimum absolute atomic E-state index is 0.214. The fourth-order valence-electron chi connectivity index (χ4n) is 1.51. The predicted molar refractivity (Wildman–Crippen MR) is 67.9 cm³/mol. The highest BCUT2D eigenvalue weighted by Crippen LogP contribution is 2.10. The molecule has 0 bridgehead atoms. The van der Waals surface area contributed by atoms with Crippen molar-refractivity contribution in [3.8, 4) is 0 Å².